The number of benzene rings is 2. The molecule has 6 heteroatoms. The summed E-state index contributed by atoms with van der Waals surface area (Å²) in [6.07, 6.45) is 0.926. The quantitative estimate of drug-likeness (QED) is 0.681. The van der Waals surface area contributed by atoms with E-state index >= 15 is 0 Å². The summed E-state index contributed by atoms with van der Waals surface area (Å²) < 4.78 is 10.9. The van der Waals surface area contributed by atoms with Gasteiger partial charge in [0.15, 0.2) is 11.5 Å². The van der Waals surface area contributed by atoms with E-state index in [1.807, 2.05) is 12.1 Å². The first-order valence-corrected chi connectivity index (χ1v) is 7.12. The van der Waals surface area contributed by atoms with Gasteiger partial charge < -0.3 is 14.8 Å². The van der Waals surface area contributed by atoms with Crippen molar-refractivity contribution in [1.29, 1.82) is 0 Å². The van der Waals surface area contributed by atoms with E-state index < -0.39 is 0 Å². The van der Waals surface area contributed by atoms with E-state index in [4.69, 9.17) is 9.47 Å². The minimum Gasteiger partial charge on any atom is -0.454 e. The molecular formula is C16H14N2O4. The number of rotatable bonds is 2. The summed E-state index contributed by atoms with van der Waals surface area (Å²) in [5.41, 5.74) is 3.48. The van der Waals surface area contributed by atoms with Gasteiger partial charge in [-0.25, -0.2) is 0 Å². The Balaban J connectivity index is 1.74. The maximum atomic E-state index is 10.8. The van der Waals surface area contributed by atoms with Crippen molar-refractivity contribution in [2.24, 2.45) is 0 Å². The van der Waals surface area contributed by atoms with Gasteiger partial charge in [0.1, 0.15) is 0 Å². The smallest absolute Gasteiger partial charge is 0.269 e. The number of nitro groups is 1. The molecule has 0 fully saturated rings. The molecule has 1 atom stereocenters. The summed E-state index contributed by atoms with van der Waals surface area (Å²) in [6, 6.07) is 10.7. The van der Waals surface area contributed by atoms with Crippen LogP contribution in [0.4, 0.5) is 5.69 Å². The summed E-state index contributed by atoms with van der Waals surface area (Å²) in [6.45, 7) is 1.11. The number of hydrogen-bond donors (Lipinski definition) is 1. The second-order valence-electron chi connectivity index (χ2n) is 5.39. The van der Waals surface area contributed by atoms with Crippen LogP contribution in [0, 0.1) is 10.1 Å². The van der Waals surface area contributed by atoms with E-state index in [0.29, 0.717) is 0 Å². The zero-order chi connectivity index (χ0) is 15.1. The lowest BCUT2D eigenvalue weighted by molar-refractivity contribution is -0.384. The lowest BCUT2D eigenvalue weighted by Gasteiger charge is -2.27. The molecule has 0 amide bonds. The first-order valence-electron chi connectivity index (χ1n) is 7.12. The van der Waals surface area contributed by atoms with Gasteiger partial charge in [-0.3, -0.25) is 10.1 Å². The molecule has 0 aromatic heterocycles. The van der Waals surface area contributed by atoms with E-state index in [1.165, 1.54) is 17.7 Å². The van der Waals surface area contributed by atoms with Crippen LogP contribution in [0.5, 0.6) is 11.5 Å². The fourth-order valence-corrected chi connectivity index (χ4v) is 3.03. The second-order valence-corrected chi connectivity index (χ2v) is 5.39. The number of non-ortho nitro benzene ring substituents is 1. The first-order chi connectivity index (χ1) is 10.7. The molecule has 0 spiro atoms. The Hall–Kier alpha value is -2.60. The van der Waals surface area contributed by atoms with E-state index in [1.54, 1.807) is 12.1 Å². The molecule has 1 unspecified atom stereocenters. The number of hydrogen-bond acceptors (Lipinski definition) is 5. The molecule has 1 N–H and O–H groups in total. The Kier molecular flexibility index (Phi) is 2.97. The molecule has 22 heavy (non-hydrogen) atoms. The molecule has 2 aromatic rings. The van der Waals surface area contributed by atoms with Crippen LogP contribution in [0.2, 0.25) is 0 Å². The topological polar surface area (TPSA) is 73.6 Å². The van der Waals surface area contributed by atoms with Gasteiger partial charge in [0.25, 0.3) is 5.69 Å². The highest BCUT2D eigenvalue weighted by Crippen LogP contribution is 2.39. The molecule has 2 aliphatic rings. The van der Waals surface area contributed by atoms with Crippen LogP contribution in [0.3, 0.4) is 0 Å². The van der Waals surface area contributed by atoms with Crippen molar-refractivity contribution in [1.82, 2.24) is 5.32 Å². The molecule has 0 bridgehead atoms. The second kappa shape index (κ2) is 4.99. The Bertz CT molecular complexity index is 743. The van der Waals surface area contributed by atoms with Crippen molar-refractivity contribution < 1.29 is 14.4 Å². The number of ether oxygens (including phenoxy) is 2. The molecule has 6 nitrogen and oxygen atoms in total. The normalized spacial score (nSPS) is 18.8. The average molecular weight is 298 g/mol. The summed E-state index contributed by atoms with van der Waals surface area (Å²) >= 11 is 0. The van der Waals surface area contributed by atoms with Crippen LogP contribution < -0.4 is 14.8 Å². The van der Waals surface area contributed by atoms with Gasteiger partial charge in [0.05, 0.1) is 11.0 Å². The standard InChI is InChI=1S/C16H14N2O4/c19-18(20)12-3-1-10(2-4-12)16-13-8-15-14(21-9-22-15)7-11(13)5-6-17-16/h1-4,7-8,16-17H,5-6,9H2. The van der Waals surface area contributed by atoms with E-state index in [2.05, 4.69) is 5.32 Å². The predicted molar refractivity (Wildman–Crippen MR) is 79.2 cm³/mol. The molecule has 0 saturated carbocycles. The Morgan fingerprint density at radius 2 is 1.86 bits per heavy atom. The average Bonchev–Trinajstić information content (AvgIpc) is 2.99. The summed E-state index contributed by atoms with van der Waals surface area (Å²) in [5, 5.41) is 14.2. The lowest BCUT2D eigenvalue weighted by Crippen LogP contribution is -2.30. The maximum absolute atomic E-state index is 10.8. The third-order valence-corrected chi connectivity index (χ3v) is 4.13. The number of nitrogens with zero attached hydrogens (tertiary/aromatic N) is 1. The van der Waals surface area contributed by atoms with Crippen molar-refractivity contribution in [3.8, 4) is 11.5 Å². The summed E-state index contributed by atoms with van der Waals surface area (Å²) in [7, 11) is 0. The molecular weight excluding hydrogens is 284 g/mol. The highest BCUT2D eigenvalue weighted by atomic mass is 16.7. The first kappa shape index (κ1) is 13.1. The van der Waals surface area contributed by atoms with Crippen molar-refractivity contribution in [3.63, 3.8) is 0 Å². The summed E-state index contributed by atoms with van der Waals surface area (Å²) in [4.78, 5) is 10.4. The lowest BCUT2D eigenvalue weighted by atomic mass is 9.89. The number of nitro benzene ring substituents is 1. The molecule has 4 rings (SSSR count). The zero-order valence-electron chi connectivity index (χ0n) is 11.7. The van der Waals surface area contributed by atoms with Crippen molar-refractivity contribution in [2.45, 2.75) is 12.5 Å². The van der Waals surface area contributed by atoms with Gasteiger partial charge in [0, 0.05) is 18.7 Å². The van der Waals surface area contributed by atoms with Crippen LogP contribution >= 0.6 is 0 Å². The third-order valence-electron chi connectivity index (χ3n) is 4.13. The van der Waals surface area contributed by atoms with E-state index in [0.717, 1.165) is 35.6 Å². The number of fused-ring (bicyclic) bond motifs is 2. The van der Waals surface area contributed by atoms with Gasteiger partial charge in [-0.1, -0.05) is 12.1 Å². The van der Waals surface area contributed by atoms with Gasteiger partial charge in [0.2, 0.25) is 6.79 Å². The highest BCUT2D eigenvalue weighted by Gasteiger charge is 2.26. The van der Waals surface area contributed by atoms with Crippen LogP contribution in [0.25, 0.3) is 0 Å². The Labute approximate surface area is 126 Å². The summed E-state index contributed by atoms with van der Waals surface area (Å²) in [5.74, 6) is 1.55. The SMILES string of the molecule is O=[N+]([O-])c1ccc(C2NCCc3cc4c(cc32)OCO4)cc1. The molecule has 112 valence electrons. The van der Waals surface area contributed by atoms with Crippen molar-refractivity contribution in [3.05, 3.63) is 63.2 Å². The molecule has 0 aliphatic carbocycles. The number of nitrogens with one attached hydrogen (secondary N) is 1. The van der Waals surface area contributed by atoms with E-state index in [9.17, 15) is 10.1 Å². The van der Waals surface area contributed by atoms with Crippen molar-refractivity contribution in [2.75, 3.05) is 13.3 Å². The predicted octanol–water partition coefficient (Wildman–Crippen LogP) is 2.56. The maximum Gasteiger partial charge on any atom is 0.269 e. The minimum absolute atomic E-state index is 0.0130. The monoisotopic (exact) mass is 298 g/mol. The molecule has 2 aromatic carbocycles. The largest absolute Gasteiger partial charge is 0.454 e. The molecule has 0 saturated heterocycles. The zero-order valence-corrected chi connectivity index (χ0v) is 11.7. The molecule has 2 aliphatic heterocycles. The van der Waals surface area contributed by atoms with Crippen LogP contribution in [-0.2, 0) is 6.42 Å². The van der Waals surface area contributed by atoms with Gasteiger partial charge >= 0.3 is 0 Å². The fraction of sp³-hybridized carbons (Fsp3) is 0.250. The Morgan fingerprint density at radius 1 is 1.14 bits per heavy atom. The Morgan fingerprint density at radius 3 is 2.59 bits per heavy atom. The highest BCUT2D eigenvalue weighted by molar-refractivity contribution is 5.53. The molecule has 2 heterocycles. The van der Waals surface area contributed by atoms with Gasteiger partial charge in [-0.2, -0.15) is 0 Å². The van der Waals surface area contributed by atoms with Gasteiger partial charge in [-0.15, -0.1) is 0 Å². The van der Waals surface area contributed by atoms with E-state index in [-0.39, 0.29) is 23.4 Å². The van der Waals surface area contributed by atoms with Crippen LogP contribution in [0.1, 0.15) is 22.7 Å². The van der Waals surface area contributed by atoms with Gasteiger partial charge in [-0.05, 0) is 35.2 Å². The fourth-order valence-electron chi connectivity index (χ4n) is 3.03. The van der Waals surface area contributed by atoms with Crippen LogP contribution in [-0.4, -0.2) is 18.3 Å². The van der Waals surface area contributed by atoms with Crippen LogP contribution in [0.15, 0.2) is 36.4 Å². The molecule has 0 radical (unpaired) electrons. The van der Waals surface area contributed by atoms with Crippen molar-refractivity contribution >= 4 is 5.69 Å². The minimum atomic E-state index is -0.385. The third kappa shape index (κ3) is 2.08.